The van der Waals surface area contributed by atoms with Gasteiger partial charge < -0.3 is 10.0 Å². The van der Waals surface area contributed by atoms with Gasteiger partial charge in [0.15, 0.2) is 5.13 Å². The molecular weight excluding hydrogens is 406 g/mol. The zero-order valence-electron chi connectivity index (χ0n) is 20.2. The normalized spacial score (nSPS) is 17.8. The monoisotopic (exact) mass is 445 g/mol. The van der Waals surface area contributed by atoms with Crippen LogP contribution in [-0.4, -0.2) is 27.6 Å². The molecule has 1 N–H and O–H groups in total. The van der Waals surface area contributed by atoms with Gasteiger partial charge >= 0.3 is 5.97 Å². The number of hydrogen-bond donors (Lipinski definition) is 1. The molecule has 6 heteroatoms. The molecule has 2 unspecified atom stereocenters. The van der Waals surface area contributed by atoms with E-state index >= 15 is 0 Å². The van der Waals surface area contributed by atoms with Crippen molar-refractivity contribution in [1.82, 2.24) is 9.97 Å². The molecule has 0 saturated carbocycles. The minimum absolute atomic E-state index is 0.153. The van der Waals surface area contributed by atoms with Crippen molar-refractivity contribution in [2.24, 2.45) is 5.92 Å². The Balaban J connectivity index is 0.000000785. The van der Waals surface area contributed by atoms with Gasteiger partial charge in [0.2, 0.25) is 0 Å². The van der Waals surface area contributed by atoms with E-state index in [1.165, 1.54) is 42.5 Å². The Bertz CT molecular complexity index is 843. The van der Waals surface area contributed by atoms with Crippen molar-refractivity contribution < 1.29 is 9.90 Å². The predicted octanol–water partition coefficient (Wildman–Crippen LogP) is 7.40. The quantitative estimate of drug-likeness (QED) is 0.481. The number of hydrogen-bond acceptors (Lipinski definition) is 5. The third-order valence-corrected chi connectivity index (χ3v) is 7.58. The molecule has 0 bridgehead atoms. The minimum atomic E-state index is -0.956. The molecule has 0 fully saturated rings. The van der Waals surface area contributed by atoms with Crippen LogP contribution in [0, 0.1) is 5.92 Å². The van der Waals surface area contributed by atoms with Crippen LogP contribution in [0.5, 0.6) is 0 Å². The van der Waals surface area contributed by atoms with Gasteiger partial charge in [0, 0.05) is 23.0 Å². The van der Waals surface area contributed by atoms with Crippen molar-refractivity contribution in [3.05, 3.63) is 34.5 Å². The van der Waals surface area contributed by atoms with Gasteiger partial charge in [-0.25, -0.2) is 14.8 Å². The number of aromatic carboxylic acids is 1. The Kier molecular flexibility index (Phi) is 9.04. The minimum Gasteiger partial charge on any atom is -0.478 e. The predicted molar refractivity (Wildman–Crippen MR) is 131 cm³/mol. The smallest absolute Gasteiger partial charge is 0.337 e. The van der Waals surface area contributed by atoms with E-state index in [2.05, 4.69) is 58.4 Å². The summed E-state index contributed by atoms with van der Waals surface area (Å²) in [4.78, 5) is 24.2. The Morgan fingerprint density at radius 1 is 1.29 bits per heavy atom. The Labute approximate surface area is 191 Å². The van der Waals surface area contributed by atoms with E-state index in [9.17, 15) is 4.79 Å². The van der Waals surface area contributed by atoms with Gasteiger partial charge in [-0.1, -0.05) is 67.7 Å². The van der Waals surface area contributed by atoms with Crippen molar-refractivity contribution >= 4 is 28.3 Å². The third kappa shape index (κ3) is 6.28. The van der Waals surface area contributed by atoms with Gasteiger partial charge in [-0.15, -0.1) is 11.3 Å². The zero-order valence-corrected chi connectivity index (χ0v) is 21.1. The molecule has 1 aliphatic carbocycles. The van der Waals surface area contributed by atoms with E-state index in [-0.39, 0.29) is 11.0 Å². The summed E-state index contributed by atoms with van der Waals surface area (Å²) in [6, 6.07) is 3.41. The van der Waals surface area contributed by atoms with Gasteiger partial charge in [-0.05, 0) is 36.8 Å². The second-order valence-electron chi connectivity index (χ2n) is 9.37. The van der Waals surface area contributed by atoms with Crippen LogP contribution in [0.1, 0.15) is 107 Å². The average Bonchev–Trinajstić information content (AvgIpc) is 3.22. The summed E-state index contributed by atoms with van der Waals surface area (Å²) in [6.07, 6.45) is 7.48. The Hall–Kier alpha value is -1.95. The van der Waals surface area contributed by atoms with Crippen molar-refractivity contribution in [3.63, 3.8) is 0 Å². The van der Waals surface area contributed by atoms with E-state index in [0.717, 1.165) is 23.9 Å². The van der Waals surface area contributed by atoms with E-state index in [4.69, 9.17) is 10.1 Å². The van der Waals surface area contributed by atoms with Crippen LogP contribution >= 0.6 is 11.3 Å². The van der Waals surface area contributed by atoms with Crippen LogP contribution in [0.25, 0.3) is 0 Å². The number of nitrogens with zero attached hydrogens (tertiary/aromatic N) is 3. The maximum absolute atomic E-state index is 11.2. The fourth-order valence-electron chi connectivity index (χ4n) is 3.46. The van der Waals surface area contributed by atoms with Crippen molar-refractivity contribution in [2.75, 3.05) is 11.4 Å². The summed E-state index contributed by atoms with van der Waals surface area (Å²) in [5, 5.41) is 10.1. The highest BCUT2D eigenvalue weighted by molar-refractivity contribution is 7.16. The van der Waals surface area contributed by atoms with E-state index < -0.39 is 5.97 Å². The summed E-state index contributed by atoms with van der Waals surface area (Å²) in [7, 11) is 0. The van der Waals surface area contributed by atoms with Crippen LogP contribution < -0.4 is 4.90 Å². The second kappa shape index (κ2) is 11.1. The van der Waals surface area contributed by atoms with Crippen LogP contribution in [0.3, 0.4) is 0 Å². The number of thiazole rings is 1. The highest BCUT2D eigenvalue weighted by atomic mass is 32.1. The fourth-order valence-corrected chi connectivity index (χ4v) is 4.80. The molecule has 0 spiro atoms. The molecule has 2 heterocycles. The molecule has 31 heavy (non-hydrogen) atoms. The number of carboxylic acids is 1. The Morgan fingerprint density at radius 2 is 1.97 bits per heavy atom. The molecular formula is C25H39N3O2S. The largest absolute Gasteiger partial charge is 0.478 e. The first kappa shape index (κ1) is 25.3. The fraction of sp³-hybridized carbons (Fsp3) is 0.640. The number of aromatic nitrogens is 2. The standard InChI is InChI=1S/C21H29N3O2S.C4H10/c1-6-13(2)12-24(16-8-7-15(11-22-16)19(25)26)20-23-17-14(3)9-10-21(4,5)18(17)27-20;1-3-4-2/h7-8,11,13-14H,6,9-10,12H2,1-5H3,(H,25,26);3-4H2,1-2H3. The number of carbonyl (C=O) groups is 1. The number of fused-ring (bicyclic) bond motifs is 1. The molecule has 0 aliphatic heterocycles. The lowest BCUT2D eigenvalue weighted by molar-refractivity contribution is 0.0696. The highest BCUT2D eigenvalue weighted by Gasteiger charge is 2.35. The lowest BCUT2D eigenvalue weighted by atomic mass is 9.76. The van der Waals surface area contributed by atoms with Gasteiger partial charge in [-0.2, -0.15) is 0 Å². The van der Waals surface area contributed by atoms with Gasteiger partial charge in [-0.3, -0.25) is 0 Å². The summed E-state index contributed by atoms with van der Waals surface area (Å²) in [5.41, 5.74) is 1.58. The third-order valence-electron chi connectivity index (χ3n) is 6.12. The molecule has 3 rings (SSSR count). The number of rotatable bonds is 7. The molecule has 2 atom stereocenters. The lowest BCUT2D eigenvalue weighted by Gasteiger charge is -2.31. The SMILES string of the molecule is CCC(C)CN(c1ccc(C(=O)O)cn1)c1nc2c(s1)C(C)(C)CCC2C.CCCC. The van der Waals surface area contributed by atoms with Crippen molar-refractivity contribution in [1.29, 1.82) is 0 Å². The lowest BCUT2D eigenvalue weighted by Crippen LogP contribution is -2.24. The summed E-state index contributed by atoms with van der Waals surface area (Å²) in [5.74, 6) is 0.766. The van der Waals surface area contributed by atoms with Crippen molar-refractivity contribution in [2.45, 2.75) is 91.9 Å². The zero-order chi connectivity index (χ0) is 23.2. The maximum atomic E-state index is 11.2. The van der Waals surface area contributed by atoms with E-state index in [1.807, 2.05) is 0 Å². The van der Waals surface area contributed by atoms with Crippen LogP contribution in [0.4, 0.5) is 10.9 Å². The first-order valence-electron chi connectivity index (χ1n) is 11.6. The molecule has 1 aliphatic rings. The number of unbranched alkanes of at least 4 members (excludes halogenated alkanes) is 1. The maximum Gasteiger partial charge on any atom is 0.337 e. The molecule has 0 radical (unpaired) electrons. The first-order valence-corrected chi connectivity index (χ1v) is 12.4. The molecule has 0 amide bonds. The summed E-state index contributed by atoms with van der Waals surface area (Å²) < 4.78 is 0. The first-order chi connectivity index (χ1) is 14.6. The Morgan fingerprint density at radius 3 is 2.45 bits per heavy atom. The highest BCUT2D eigenvalue weighted by Crippen LogP contribution is 2.47. The van der Waals surface area contributed by atoms with Crippen LogP contribution in [-0.2, 0) is 5.41 Å². The average molecular weight is 446 g/mol. The van der Waals surface area contributed by atoms with E-state index in [0.29, 0.717) is 11.8 Å². The van der Waals surface area contributed by atoms with Crippen molar-refractivity contribution in [3.8, 4) is 0 Å². The van der Waals surface area contributed by atoms with Crippen LogP contribution in [0.15, 0.2) is 18.3 Å². The number of pyridine rings is 1. The van der Waals surface area contributed by atoms with Gasteiger partial charge in [0.05, 0.1) is 11.3 Å². The van der Waals surface area contributed by atoms with Gasteiger partial charge in [0.25, 0.3) is 0 Å². The summed E-state index contributed by atoms with van der Waals surface area (Å²) >= 11 is 1.77. The summed E-state index contributed by atoms with van der Waals surface area (Å²) in [6.45, 7) is 16.4. The number of carboxylic acid groups (broad SMARTS) is 1. The molecule has 172 valence electrons. The number of anilines is 2. The van der Waals surface area contributed by atoms with Gasteiger partial charge in [0.1, 0.15) is 5.82 Å². The molecule has 0 saturated heterocycles. The molecule has 2 aromatic rings. The van der Waals surface area contributed by atoms with E-state index in [1.54, 1.807) is 23.5 Å². The van der Waals surface area contributed by atoms with Crippen LogP contribution in [0.2, 0.25) is 0 Å². The molecule has 5 nitrogen and oxygen atoms in total. The second-order valence-corrected chi connectivity index (χ2v) is 10.3. The molecule has 2 aromatic heterocycles. The topological polar surface area (TPSA) is 66.3 Å². The molecule has 0 aromatic carbocycles.